The van der Waals surface area contributed by atoms with Crippen molar-refractivity contribution in [1.82, 2.24) is 0 Å². The number of nitrogens with two attached hydrogens (primary N) is 1. The summed E-state index contributed by atoms with van der Waals surface area (Å²) in [6.45, 7) is 0.584. The molecule has 6 heteroatoms. The minimum atomic E-state index is -0.360. The van der Waals surface area contributed by atoms with Crippen molar-refractivity contribution < 1.29 is 13.9 Å². The van der Waals surface area contributed by atoms with E-state index in [0.717, 1.165) is 25.7 Å². The molecular weight excluding hydrogens is 307 g/mol. The normalized spacial score (nSPS) is 23.7. The first-order valence-corrected chi connectivity index (χ1v) is 7.60. The minimum absolute atomic E-state index is 0. The second-order valence-corrected chi connectivity index (χ2v) is 6.15. The van der Waals surface area contributed by atoms with E-state index >= 15 is 0 Å². The number of ether oxygens (including phenoxy) is 1. The summed E-state index contributed by atoms with van der Waals surface area (Å²) >= 11 is 0. The van der Waals surface area contributed by atoms with Crippen LogP contribution >= 0.6 is 12.4 Å². The molecule has 0 aliphatic heterocycles. The minimum Gasteiger partial charge on any atom is -0.491 e. The zero-order chi connectivity index (χ0) is 14.8. The fourth-order valence-corrected chi connectivity index (χ4v) is 2.70. The van der Waals surface area contributed by atoms with Crippen molar-refractivity contribution >= 4 is 24.0 Å². The average Bonchev–Trinajstić information content (AvgIpc) is 3.19. The molecule has 0 aromatic heterocycles. The lowest BCUT2D eigenvalue weighted by Gasteiger charge is -2.15. The van der Waals surface area contributed by atoms with Gasteiger partial charge in [-0.25, -0.2) is 4.39 Å². The van der Waals surface area contributed by atoms with E-state index in [4.69, 9.17) is 10.5 Å². The highest BCUT2D eigenvalue weighted by Crippen LogP contribution is 2.33. The number of carbonyl (C=O) groups excluding carboxylic acids is 1. The standard InChI is InChI=1S/C16H21FN2O2.ClH/c17-12-4-6-14(15(8-12)21-9-10-1-2-10)19-16(20)11-3-5-13(18)7-11;/h4,6,8,10-11,13H,1-3,5,7,9,18H2,(H,19,20);1H. The van der Waals surface area contributed by atoms with Crippen molar-refractivity contribution in [3.8, 4) is 5.75 Å². The number of halogens is 2. The number of hydrogen-bond donors (Lipinski definition) is 2. The molecular formula is C16H22ClFN2O2. The second-order valence-electron chi connectivity index (χ2n) is 6.15. The van der Waals surface area contributed by atoms with Gasteiger partial charge in [0.25, 0.3) is 0 Å². The Bertz CT molecular complexity index is 537. The Balaban J connectivity index is 0.00000176. The molecule has 122 valence electrons. The van der Waals surface area contributed by atoms with Crippen LogP contribution in [0.1, 0.15) is 32.1 Å². The van der Waals surface area contributed by atoms with E-state index in [9.17, 15) is 9.18 Å². The first kappa shape index (κ1) is 17.0. The Morgan fingerprint density at radius 2 is 2.09 bits per heavy atom. The largest absolute Gasteiger partial charge is 0.491 e. The van der Waals surface area contributed by atoms with Gasteiger partial charge in [0.2, 0.25) is 5.91 Å². The summed E-state index contributed by atoms with van der Waals surface area (Å²) in [7, 11) is 0. The number of rotatable bonds is 5. The van der Waals surface area contributed by atoms with Crippen LogP contribution in [-0.4, -0.2) is 18.6 Å². The zero-order valence-electron chi connectivity index (χ0n) is 12.4. The molecule has 22 heavy (non-hydrogen) atoms. The van der Waals surface area contributed by atoms with Gasteiger partial charge in [0.05, 0.1) is 12.3 Å². The van der Waals surface area contributed by atoms with Crippen LogP contribution in [0.2, 0.25) is 0 Å². The Hall–Kier alpha value is -1.33. The average molecular weight is 329 g/mol. The fourth-order valence-electron chi connectivity index (χ4n) is 2.70. The third-order valence-corrected chi connectivity index (χ3v) is 4.22. The first-order valence-electron chi connectivity index (χ1n) is 7.60. The van der Waals surface area contributed by atoms with Gasteiger partial charge in [0.1, 0.15) is 11.6 Å². The van der Waals surface area contributed by atoms with Gasteiger partial charge >= 0.3 is 0 Å². The molecule has 2 atom stereocenters. The summed E-state index contributed by atoms with van der Waals surface area (Å²) in [5.74, 6) is 0.524. The molecule has 3 rings (SSSR count). The van der Waals surface area contributed by atoms with Gasteiger partial charge in [-0.2, -0.15) is 0 Å². The molecule has 1 aromatic rings. The number of anilines is 1. The maximum absolute atomic E-state index is 13.4. The predicted molar refractivity (Wildman–Crippen MR) is 85.8 cm³/mol. The number of hydrogen-bond acceptors (Lipinski definition) is 3. The molecule has 2 fully saturated rings. The molecule has 2 saturated carbocycles. The summed E-state index contributed by atoms with van der Waals surface area (Å²) in [6, 6.07) is 4.34. The van der Waals surface area contributed by atoms with E-state index < -0.39 is 0 Å². The summed E-state index contributed by atoms with van der Waals surface area (Å²) in [6.07, 6.45) is 4.73. The molecule has 3 N–H and O–H groups in total. The molecule has 1 amide bonds. The van der Waals surface area contributed by atoms with Crippen LogP contribution in [0.4, 0.5) is 10.1 Å². The van der Waals surface area contributed by atoms with Crippen molar-refractivity contribution in [2.45, 2.75) is 38.1 Å². The van der Waals surface area contributed by atoms with Gasteiger partial charge in [-0.15, -0.1) is 12.4 Å². The van der Waals surface area contributed by atoms with E-state index in [2.05, 4.69) is 5.32 Å². The molecule has 0 spiro atoms. The van der Waals surface area contributed by atoms with E-state index in [1.54, 1.807) is 6.07 Å². The lowest BCUT2D eigenvalue weighted by Crippen LogP contribution is -2.23. The van der Waals surface area contributed by atoms with Gasteiger partial charge in [0, 0.05) is 18.0 Å². The SMILES string of the molecule is Cl.NC1CCC(C(=O)Nc2ccc(F)cc2OCC2CC2)C1. The predicted octanol–water partition coefficient (Wildman–Crippen LogP) is 3.10. The van der Waals surface area contributed by atoms with Crippen LogP contribution in [0.5, 0.6) is 5.75 Å². The highest BCUT2D eigenvalue weighted by molar-refractivity contribution is 5.94. The lowest BCUT2D eigenvalue weighted by atomic mass is 10.1. The van der Waals surface area contributed by atoms with Crippen molar-refractivity contribution in [3.63, 3.8) is 0 Å². The third-order valence-electron chi connectivity index (χ3n) is 4.22. The molecule has 0 saturated heterocycles. The van der Waals surface area contributed by atoms with Gasteiger partial charge < -0.3 is 15.8 Å². The Kier molecular flexibility index (Phi) is 5.64. The maximum Gasteiger partial charge on any atom is 0.227 e. The zero-order valence-corrected chi connectivity index (χ0v) is 13.2. The first-order chi connectivity index (χ1) is 10.1. The van der Waals surface area contributed by atoms with Crippen molar-refractivity contribution in [2.75, 3.05) is 11.9 Å². The maximum atomic E-state index is 13.4. The smallest absolute Gasteiger partial charge is 0.227 e. The quantitative estimate of drug-likeness (QED) is 0.873. The number of nitrogens with one attached hydrogen (secondary N) is 1. The third kappa shape index (κ3) is 4.34. The second kappa shape index (κ2) is 7.29. The van der Waals surface area contributed by atoms with Crippen molar-refractivity contribution in [1.29, 1.82) is 0 Å². The van der Waals surface area contributed by atoms with Crippen LogP contribution in [0.15, 0.2) is 18.2 Å². The molecule has 0 heterocycles. The summed E-state index contributed by atoms with van der Waals surface area (Å²) in [4.78, 5) is 12.2. The monoisotopic (exact) mass is 328 g/mol. The van der Waals surface area contributed by atoms with Crippen LogP contribution in [-0.2, 0) is 4.79 Å². The van der Waals surface area contributed by atoms with Gasteiger partial charge in [-0.05, 0) is 50.2 Å². The number of amides is 1. The summed E-state index contributed by atoms with van der Waals surface area (Å²) in [5, 5.41) is 2.86. The van der Waals surface area contributed by atoms with Crippen molar-refractivity contribution in [3.05, 3.63) is 24.0 Å². The summed E-state index contributed by atoms with van der Waals surface area (Å²) in [5.41, 5.74) is 6.38. The van der Waals surface area contributed by atoms with Crippen molar-refractivity contribution in [2.24, 2.45) is 17.6 Å². The van der Waals surface area contributed by atoms with Gasteiger partial charge in [-0.3, -0.25) is 4.79 Å². The number of carbonyl (C=O) groups is 1. The topological polar surface area (TPSA) is 64.4 Å². The summed E-state index contributed by atoms with van der Waals surface area (Å²) < 4.78 is 19.0. The van der Waals surface area contributed by atoms with Crippen LogP contribution in [0, 0.1) is 17.7 Å². The molecule has 0 bridgehead atoms. The Morgan fingerprint density at radius 1 is 1.32 bits per heavy atom. The molecule has 4 nitrogen and oxygen atoms in total. The molecule has 1 aromatic carbocycles. The number of benzene rings is 1. The Morgan fingerprint density at radius 3 is 2.73 bits per heavy atom. The lowest BCUT2D eigenvalue weighted by molar-refractivity contribution is -0.119. The van der Waals surface area contributed by atoms with Gasteiger partial charge in [-0.1, -0.05) is 0 Å². The molecule has 2 aliphatic carbocycles. The van der Waals surface area contributed by atoms with E-state index in [-0.39, 0.29) is 36.1 Å². The van der Waals surface area contributed by atoms with Gasteiger partial charge in [0.15, 0.2) is 0 Å². The molecule has 2 unspecified atom stereocenters. The molecule has 2 aliphatic rings. The fraction of sp³-hybridized carbons (Fsp3) is 0.562. The Labute approximate surface area is 136 Å². The molecule has 0 radical (unpaired) electrons. The van der Waals surface area contributed by atoms with Crippen LogP contribution < -0.4 is 15.8 Å². The van der Waals surface area contributed by atoms with Crippen LogP contribution in [0.25, 0.3) is 0 Å². The highest BCUT2D eigenvalue weighted by Gasteiger charge is 2.28. The van der Waals surface area contributed by atoms with E-state index in [1.165, 1.54) is 12.1 Å². The van der Waals surface area contributed by atoms with E-state index in [1.807, 2.05) is 0 Å². The van der Waals surface area contributed by atoms with E-state index in [0.29, 0.717) is 30.4 Å². The van der Waals surface area contributed by atoms with Crippen LogP contribution in [0.3, 0.4) is 0 Å². The highest BCUT2D eigenvalue weighted by atomic mass is 35.5.